The van der Waals surface area contributed by atoms with Gasteiger partial charge in [0, 0.05) is 0 Å². The van der Waals surface area contributed by atoms with Crippen LogP contribution in [0.5, 0.6) is 0 Å². The van der Waals surface area contributed by atoms with Crippen LogP contribution in [0.25, 0.3) is 0 Å². The molecule has 1 saturated heterocycles. The maximum atomic E-state index is 8.74. The van der Waals surface area contributed by atoms with Gasteiger partial charge < -0.3 is 0 Å². The van der Waals surface area contributed by atoms with Crippen LogP contribution >= 0.6 is 34.7 Å². The summed E-state index contributed by atoms with van der Waals surface area (Å²) in [5.74, 6) is 0. The van der Waals surface area contributed by atoms with E-state index < -0.39 is 16.1 Å². The quantitative estimate of drug-likeness (QED) is 0.415. The van der Waals surface area contributed by atoms with Gasteiger partial charge in [0.05, 0.1) is 0 Å². The fourth-order valence-electron chi connectivity index (χ4n) is 0.457. The second-order valence-electron chi connectivity index (χ2n) is 1.57. The van der Waals surface area contributed by atoms with Gasteiger partial charge >= 0.3 is 66.2 Å². The second kappa shape index (κ2) is 2.95. The molecule has 0 radical (unpaired) electrons. The zero-order chi connectivity index (χ0) is 6.15. The number of hydrogen-bond donors (Lipinski definition) is 2. The van der Waals surface area contributed by atoms with Crippen molar-refractivity contribution in [3.8, 4) is 0 Å². The number of nitrogens with one attached hydrogen (secondary N) is 1. The first kappa shape index (κ1) is 7.45. The van der Waals surface area contributed by atoms with Crippen LogP contribution < -0.4 is 5.43 Å². The Morgan fingerprint density at radius 1 is 2.00 bits per heavy atom. The molecule has 0 aromatic rings. The number of rotatable bonds is 1. The van der Waals surface area contributed by atoms with Crippen LogP contribution in [0, 0.1) is 0 Å². The van der Waals surface area contributed by atoms with E-state index in [1.807, 2.05) is 0 Å². The molecule has 0 bridgehead atoms. The van der Waals surface area contributed by atoms with E-state index in [0.29, 0.717) is 0 Å². The van der Waals surface area contributed by atoms with E-state index in [1.165, 1.54) is 0 Å². The molecular formula is C3H8I2N2O. The third kappa shape index (κ3) is 1.66. The predicted octanol–water partition coefficient (Wildman–Crippen LogP) is 0.526. The monoisotopic (exact) mass is 342 g/mol. The summed E-state index contributed by atoms with van der Waals surface area (Å²) in [6, 6.07) is 0. The van der Waals surface area contributed by atoms with Crippen molar-refractivity contribution in [2.75, 3.05) is 11.5 Å². The minimum absolute atomic E-state index is 0.260. The zero-order valence-electron chi connectivity index (χ0n) is 4.43. The van der Waals surface area contributed by atoms with Crippen LogP contribution in [-0.4, -0.2) is 26.0 Å². The third-order valence-corrected chi connectivity index (χ3v) is 6.13. The molecule has 0 aliphatic carbocycles. The topological polar surface area (TPSA) is 35.5 Å². The van der Waals surface area contributed by atoms with E-state index in [0.717, 1.165) is 6.54 Å². The predicted molar refractivity (Wildman–Crippen MR) is 49.8 cm³/mol. The van der Waals surface area contributed by atoms with Gasteiger partial charge in [0.1, 0.15) is 0 Å². The Bertz CT molecular complexity index is 83.4. The second-order valence-corrected chi connectivity index (χ2v) is 12.8. The molecule has 0 aromatic heterocycles. The normalized spacial score (nSPS) is 31.9. The minimum atomic E-state index is -0.832. The zero-order valence-corrected chi connectivity index (χ0v) is 8.75. The Labute approximate surface area is 65.7 Å². The molecule has 1 aliphatic heterocycles. The number of halogens is 2. The van der Waals surface area contributed by atoms with Gasteiger partial charge in [0.15, 0.2) is 0 Å². The number of hydrazine groups is 1. The molecule has 1 fully saturated rings. The summed E-state index contributed by atoms with van der Waals surface area (Å²) < 4.78 is 2.13. The van der Waals surface area contributed by atoms with Gasteiger partial charge in [-0.3, -0.25) is 0 Å². The van der Waals surface area contributed by atoms with Gasteiger partial charge in [0.25, 0.3) is 0 Å². The summed E-state index contributed by atoms with van der Waals surface area (Å²) in [7, 11) is 0. The molecule has 0 unspecified atom stereocenters. The molecule has 0 amide bonds. The van der Waals surface area contributed by atoms with Crippen molar-refractivity contribution in [3.63, 3.8) is 0 Å². The third-order valence-electron chi connectivity index (χ3n) is 0.903. The SMILES string of the molecule is CI(I)N1C[C@@H](O)N1. The molecule has 0 spiro atoms. The van der Waals surface area contributed by atoms with Gasteiger partial charge in [-0.05, 0) is 0 Å². The van der Waals surface area contributed by atoms with Gasteiger partial charge in [-0.25, -0.2) is 0 Å². The van der Waals surface area contributed by atoms with Crippen molar-refractivity contribution in [3.05, 3.63) is 0 Å². The van der Waals surface area contributed by atoms with Crippen molar-refractivity contribution in [1.82, 2.24) is 8.65 Å². The first-order valence-corrected chi connectivity index (χ1v) is 11.6. The summed E-state index contributed by atoms with van der Waals surface area (Å²) in [5.41, 5.74) is 2.89. The molecular weight excluding hydrogens is 334 g/mol. The molecule has 8 heavy (non-hydrogen) atoms. The average Bonchev–Trinajstić information content (AvgIpc) is 1.57. The Kier molecular flexibility index (Phi) is 2.75. The maximum absolute atomic E-state index is 8.74. The Morgan fingerprint density at radius 3 is 2.62 bits per heavy atom. The number of β-amino-alcohol motifs (C(OH)–C–C–N with tert-alkyl or cyclic N) is 1. The van der Waals surface area contributed by atoms with Crippen molar-refractivity contribution >= 4 is 34.7 Å². The van der Waals surface area contributed by atoms with Gasteiger partial charge in [-0.1, -0.05) is 0 Å². The summed E-state index contributed by atoms with van der Waals surface area (Å²) in [6.45, 7) is 0.824. The number of nitrogens with zero attached hydrogens (tertiary/aromatic N) is 1. The van der Waals surface area contributed by atoms with Crippen LogP contribution in [0.2, 0.25) is 0 Å². The summed E-state index contributed by atoms with van der Waals surface area (Å²) >= 11 is 1.61. The van der Waals surface area contributed by atoms with Crippen LogP contribution in [0.3, 0.4) is 0 Å². The van der Waals surface area contributed by atoms with Crippen molar-refractivity contribution in [2.24, 2.45) is 0 Å². The molecule has 50 valence electrons. The Hall–Kier alpha value is 1.34. The molecule has 1 rings (SSSR count). The number of aliphatic hydroxyl groups is 1. The summed E-state index contributed by atoms with van der Waals surface area (Å²) in [4.78, 5) is 2.23. The van der Waals surface area contributed by atoms with Gasteiger partial charge in [-0.15, -0.1) is 0 Å². The van der Waals surface area contributed by atoms with E-state index in [1.54, 1.807) is 0 Å². The molecule has 0 aromatic carbocycles. The van der Waals surface area contributed by atoms with Crippen LogP contribution in [0.1, 0.15) is 0 Å². The molecule has 1 heterocycles. The number of alkyl halides is 1. The van der Waals surface area contributed by atoms with E-state index in [-0.39, 0.29) is 6.23 Å². The van der Waals surface area contributed by atoms with Crippen LogP contribution in [0.15, 0.2) is 0 Å². The molecule has 5 heteroatoms. The van der Waals surface area contributed by atoms with E-state index in [4.69, 9.17) is 5.11 Å². The van der Waals surface area contributed by atoms with Gasteiger partial charge in [-0.2, -0.15) is 0 Å². The molecule has 3 nitrogen and oxygen atoms in total. The molecule has 1 aliphatic rings. The number of hydrogen-bond acceptors (Lipinski definition) is 3. The first-order chi connectivity index (χ1) is 3.70. The van der Waals surface area contributed by atoms with E-state index >= 15 is 0 Å². The first-order valence-electron chi connectivity index (χ1n) is 2.18. The molecule has 1 atom stereocenters. The summed E-state index contributed by atoms with van der Waals surface area (Å²) in [5, 5.41) is 8.74. The van der Waals surface area contributed by atoms with Crippen LogP contribution in [0.4, 0.5) is 0 Å². The fourth-order valence-corrected chi connectivity index (χ4v) is 3.78. The van der Waals surface area contributed by atoms with Crippen molar-refractivity contribution in [2.45, 2.75) is 6.23 Å². The van der Waals surface area contributed by atoms with Crippen LogP contribution in [-0.2, 0) is 0 Å². The molecule has 2 N–H and O–H groups in total. The fraction of sp³-hybridized carbons (Fsp3) is 1.00. The summed E-state index contributed by atoms with van der Waals surface area (Å²) in [6.07, 6.45) is -0.260. The van der Waals surface area contributed by atoms with E-state index in [2.05, 4.69) is 32.2 Å². The Balaban J connectivity index is 2.15. The van der Waals surface area contributed by atoms with Crippen molar-refractivity contribution < 1.29 is 5.11 Å². The average molecular weight is 342 g/mol. The van der Waals surface area contributed by atoms with E-state index in [9.17, 15) is 0 Å². The van der Waals surface area contributed by atoms with Crippen molar-refractivity contribution in [1.29, 1.82) is 0 Å². The van der Waals surface area contributed by atoms with Gasteiger partial charge in [0.2, 0.25) is 0 Å². The standard InChI is InChI=1S/C3H8I2N2O/c1-5(4)7-2-3(8)6-7/h3,6,8H,2H2,1H3/t3-/m1/s1. The molecule has 0 saturated carbocycles. The Morgan fingerprint density at radius 2 is 2.50 bits per heavy atom. The number of aliphatic hydroxyl groups excluding tert-OH is 1.